The van der Waals surface area contributed by atoms with E-state index in [0.29, 0.717) is 17.0 Å². The fraction of sp³-hybridized carbons (Fsp3) is 0.583. The molecule has 0 fully saturated rings. The summed E-state index contributed by atoms with van der Waals surface area (Å²) in [5.41, 5.74) is 0.786. The highest BCUT2D eigenvalue weighted by atomic mass is 35.7. The first kappa shape index (κ1) is 16.5. The van der Waals surface area contributed by atoms with Crippen LogP contribution < -0.4 is 5.32 Å². The lowest BCUT2D eigenvalue weighted by Gasteiger charge is -2.15. The van der Waals surface area contributed by atoms with Gasteiger partial charge >= 0.3 is 0 Å². The normalized spacial score (nSPS) is 13.6. The Labute approximate surface area is 122 Å². The van der Waals surface area contributed by atoms with Gasteiger partial charge in [-0.25, -0.2) is 8.42 Å². The minimum Gasteiger partial charge on any atom is -0.350 e. The molecule has 0 aromatic carbocycles. The smallest absolute Gasteiger partial charge is 0.271 e. The highest BCUT2D eigenvalue weighted by Crippen LogP contribution is 2.29. The summed E-state index contributed by atoms with van der Waals surface area (Å²) in [6, 6.07) is 0.0443. The van der Waals surface area contributed by atoms with Gasteiger partial charge in [0, 0.05) is 22.1 Å². The van der Waals surface area contributed by atoms with Crippen LogP contribution in [0, 0.1) is 12.8 Å². The maximum absolute atomic E-state index is 12.1. The van der Waals surface area contributed by atoms with Crippen LogP contribution in [0.3, 0.4) is 0 Å². The van der Waals surface area contributed by atoms with E-state index in [0.717, 1.165) is 17.8 Å². The summed E-state index contributed by atoms with van der Waals surface area (Å²) in [5, 5.41) is 4.39. The van der Waals surface area contributed by atoms with Crippen LogP contribution in [-0.2, 0) is 9.05 Å². The molecule has 108 valence electrons. The van der Waals surface area contributed by atoms with E-state index in [2.05, 4.69) is 19.2 Å². The molecule has 0 aliphatic rings. The Bertz CT molecular complexity index is 564. The van der Waals surface area contributed by atoms with Crippen LogP contribution in [0.15, 0.2) is 9.59 Å². The number of carbonyl (C=O) groups excluding carboxylic acids is 1. The van der Waals surface area contributed by atoms with Gasteiger partial charge in [0.15, 0.2) is 0 Å². The topological polar surface area (TPSA) is 63.2 Å². The van der Waals surface area contributed by atoms with Crippen molar-refractivity contribution in [1.82, 2.24) is 5.32 Å². The Hall–Kier alpha value is -0.590. The quantitative estimate of drug-likeness (QED) is 0.847. The third kappa shape index (κ3) is 4.47. The van der Waals surface area contributed by atoms with Crippen LogP contribution in [0.5, 0.6) is 0 Å². The van der Waals surface area contributed by atoms with E-state index in [-0.39, 0.29) is 16.2 Å². The molecule has 7 heteroatoms. The Morgan fingerprint density at radius 3 is 2.42 bits per heavy atom. The summed E-state index contributed by atoms with van der Waals surface area (Å²) in [6.07, 6.45) is 0.871. The van der Waals surface area contributed by atoms with Gasteiger partial charge < -0.3 is 5.32 Å². The molecule has 0 spiro atoms. The van der Waals surface area contributed by atoms with Crippen molar-refractivity contribution in [3.63, 3.8) is 0 Å². The molecule has 1 aromatic rings. The summed E-state index contributed by atoms with van der Waals surface area (Å²) in [5.74, 6) is 0.228. The molecule has 1 rings (SSSR count). The SMILES string of the molecule is Cc1c(C(=O)NC(C)CC(C)C)csc1S(=O)(=O)Cl. The van der Waals surface area contributed by atoms with Gasteiger partial charge in [0.25, 0.3) is 15.0 Å². The molecule has 0 radical (unpaired) electrons. The molecule has 0 bridgehead atoms. The average Bonchev–Trinajstić information content (AvgIpc) is 2.57. The van der Waals surface area contributed by atoms with Gasteiger partial charge in [0.05, 0.1) is 5.56 Å². The summed E-state index contributed by atoms with van der Waals surface area (Å²) in [4.78, 5) is 12.1. The van der Waals surface area contributed by atoms with Crippen LogP contribution in [0.1, 0.15) is 43.1 Å². The Morgan fingerprint density at radius 1 is 1.42 bits per heavy atom. The monoisotopic (exact) mass is 323 g/mol. The first-order valence-electron chi connectivity index (χ1n) is 5.96. The molecule has 0 aliphatic carbocycles. The van der Waals surface area contributed by atoms with Crippen LogP contribution in [0.4, 0.5) is 0 Å². The van der Waals surface area contributed by atoms with Crippen molar-refractivity contribution in [3.8, 4) is 0 Å². The van der Waals surface area contributed by atoms with Crippen LogP contribution in [-0.4, -0.2) is 20.4 Å². The molecule has 19 heavy (non-hydrogen) atoms. The number of carbonyl (C=O) groups is 1. The number of amides is 1. The second kappa shape index (κ2) is 6.24. The summed E-state index contributed by atoms with van der Waals surface area (Å²) in [6.45, 7) is 7.68. The predicted octanol–water partition coefficient (Wildman–Crippen LogP) is 3.15. The van der Waals surface area contributed by atoms with Crippen LogP contribution in [0.25, 0.3) is 0 Å². The number of hydrogen-bond acceptors (Lipinski definition) is 4. The molecular formula is C12H18ClNO3S2. The minimum absolute atomic E-state index is 0.0378. The molecule has 0 saturated heterocycles. The van der Waals surface area contributed by atoms with Gasteiger partial charge in [-0.2, -0.15) is 0 Å². The van der Waals surface area contributed by atoms with Crippen molar-refractivity contribution in [2.45, 2.75) is 44.4 Å². The van der Waals surface area contributed by atoms with Crippen molar-refractivity contribution in [1.29, 1.82) is 0 Å². The highest BCUT2D eigenvalue weighted by Gasteiger charge is 2.22. The first-order chi connectivity index (χ1) is 8.62. The molecule has 1 aromatic heterocycles. The Morgan fingerprint density at radius 2 is 2.00 bits per heavy atom. The molecule has 4 nitrogen and oxygen atoms in total. The number of halogens is 1. The molecule has 1 atom stereocenters. The number of thiophene rings is 1. The van der Waals surface area contributed by atoms with E-state index in [4.69, 9.17) is 10.7 Å². The average molecular weight is 324 g/mol. The van der Waals surface area contributed by atoms with Gasteiger partial charge in [0.1, 0.15) is 4.21 Å². The van der Waals surface area contributed by atoms with Crippen molar-refractivity contribution >= 4 is 37.0 Å². The van der Waals surface area contributed by atoms with Gasteiger partial charge in [0.2, 0.25) is 0 Å². The fourth-order valence-corrected chi connectivity index (χ4v) is 4.48. The van der Waals surface area contributed by atoms with Crippen molar-refractivity contribution in [2.75, 3.05) is 0 Å². The standard InChI is InChI=1S/C12H18ClNO3S2/c1-7(2)5-8(3)14-11(15)10-6-18-12(9(10)4)19(13,16)17/h6-8H,5H2,1-4H3,(H,14,15). The maximum Gasteiger partial charge on any atom is 0.271 e. The molecule has 1 unspecified atom stereocenters. The third-order valence-electron chi connectivity index (χ3n) is 2.66. The number of hydrogen-bond donors (Lipinski definition) is 1. The zero-order valence-corrected chi connectivity index (χ0v) is 13.7. The molecule has 0 aliphatic heterocycles. The number of nitrogens with one attached hydrogen (secondary N) is 1. The van der Waals surface area contributed by atoms with Gasteiger partial charge in [-0.05, 0) is 31.7 Å². The Kier molecular flexibility index (Phi) is 5.41. The van der Waals surface area contributed by atoms with Gasteiger partial charge in [-0.15, -0.1) is 11.3 Å². The minimum atomic E-state index is -3.78. The zero-order valence-electron chi connectivity index (χ0n) is 11.4. The lowest BCUT2D eigenvalue weighted by Crippen LogP contribution is -2.33. The summed E-state index contributed by atoms with van der Waals surface area (Å²) in [7, 11) is 1.52. The van der Waals surface area contributed by atoms with E-state index in [1.165, 1.54) is 5.38 Å². The van der Waals surface area contributed by atoms with Gasteiger partial charge in [-0.3, -0.25) is 4.79 Å². The molecule has 1 N–H and O–H groups in total. The van der Waals surface area contributed by atoms with E-state index in [9.17, 15) is 13.2 Å². The van der Waals surface area contributed by atoms with E-state index >= 15 is 0 Å². The zero-order chi connectivity index (χ0) is 14.8. The Balaban J connectivity index is 2.88. The predicted molar refractivity (Wildman–Crippen MR) is 78.5 cm³/mol. The summed E-state index contributed by atoms with van der Waals surface area (Å²) >= 11 is 0.972. The van der Waals surface area contributed by atoms with E-state index in [1.54, 1.807) is 6.92 Å². The second-order valence-corrected chi connectivity index (χ2v) is 8.64. The van der Waals surface area contributed by atoms with E-state index in [1.807, 2.05) is 6.92 Å². The largest absolute Gasteiger partial charge is 0.350 e. The molecular weight excluding hydrogens is 306 g/mol. The van der Waals surface area contributed by atoms with Crippen molar-refractivity contribution < 1.29 is 13.2 Å². The molecule has 0 saturated carbocycles. The van der Waals surface area contributed by atoms with E-state index < -0.39 is 9.05 Å². The lowest BCUT2D eigenvalue weighted by atomic mass is 10.0. The van der Waals surface area contributed by atoms with Crippen molar-refractivity contribution in [3.05, 3.63) is 16.5 Å². The lowest BCUT2D eigenvalue weighted by molar-refractivity contribution is 0.0936. The maximum atomic E-state index is 12.1. The molecule has 1 amide bonds. The van der Waals surface area contributed by atoms with Crippen LogP contribution in [0.2, 0.25) is 0 Å². The first-order valence-corrected chi connectivity index (χ1v) is 9.15. The van der Waals surface area contributed by atoms with Gasteiger partial charge in [-0.1, -0.05) is 13.8 Å². The van der Waals surface area contributed by atoms with Crippen LogP contribution >= 0.6 is 22.0 Å². The summed E-state index contributed by atoms with van der Waals surface area (Å²) < 4.78 is 22.6. The molecule has 1 heterocycles. The third-order valence-corrected chi connectivity index (χ3v) is 5.97. The second-order valence-electron chi connectivity index (χ2n) is 5.00. The van der Waals surface area contributed by atoms with Crippen molar-refractivity contribution in [2.24, 2.45) is 5.92 Å². The fourth-order valence-electron chi connectivity index (χ4n) is 1.93. The number of rotatable bonds is 5. The highest BCUT2D eigenvalue weighted by molar-refractivity contribution is 8.15.